The lowest BCUT2D eigenvalue weighted by atomic mass is 10.1. The monoisotopic (exact) mass is 273 g/mol. The molecule has 0 saturated carbocycles. The standard InChI is InChI=1S/C15H19N3S/c1-3-13-11(9-18(2)17-13)8-16-14-10-19-15-7-5-4-6-12(14)15/h4-7,9,14,16H,3,8,10H2,1-2H3. The predicted octanol–water partition coefficient (Wildman–Crippen LogP) is 2.92. The maximum Gasteiger partial charge on any atom is 0.0666 e. The lowest BCUT2D eigenvalue weighted by molar-refractivity contribution is 0.581. The van der Waals surface area contributed by atoms with Gasteiger partial charge in [0.25, 0.3) is 0 Å². The molecule has 19 heavy (non-hydrogen) atoms. The normalized spacial score (nSPS) is 17.7. The molecule has 3 nitrogen and oxygen atoms in total. The molecule has 0 radical (unpaired) electrons. The van der Waals surface area contributed by atoms with Gasteiger partial charge in [0.15, 0.2) is 0 Å². The second kappa shape index (κ2) is 5.39. The molecule has 0 fully saturated rings. The summed E-state index contributed by atoms with van der Waals surface area (Å²) >= 11 is 1.94. The third kappa shape index (κ3) is 2.55. The van der Waals surface area contributed by atoms with E-state index in [0.717, 1.165) is 18.7 Å². The second-order valence-electron chi connectivity index (χ2n) is 4.91. The first-order chi connectivity index (χ1) is 9.28. The van der Waals surface area contributed by atoms with Crippen LogP contribution in [0.25, 0.3) is 0 Å². The molecule has 0 spiro atoms. The number of aryl methyl sites for hydroxylation is 2. The Kier molecular flexibility index (Phi) is 3.62. The molecule has 1 N–H and O–H groups in total. The molecule has 0 bridgehead atoms. The van der Waals surface area contributed by atoms with E-state index in [0.29, 0.717) is 6.04 Å². The van der Waals surface area contributed by atoms with Crippen molar-refractivity contribution in [2.24, 2.45) is 7.05 Å². The van der Waals surface area contributed by atoms with Crippen LogP contribution >= 0.6 is 11.8 Å². The quantitative estimate of drug-likeness (QED) is 0.929. The molecule has 100 valence electrons. The fraction of sp³-hybridized carbons (Fsp3) is 0.400. The van der Waals surface area contributed by atoms with Gasteiger partial charge in [-0.3, -0.25) is 4.68 Å². The highest BCUT2D eigenvalue weighted by Crippen LogP contribution is 2.37. The van der Waals surface area contributed by atoms with Crippen molar-refractivity contribution in [2.75, 3.05) is 5.75 Å². The average Bonchev–Trinajstić information content (AvgIpc) is 2.99. The lowest BCUT2D eigenvalue weighted by Gasteiger charge is -2.12. The summed E-state index contributed by atoms with van der Waals surface area (Å²) in [5.74, 6) is 1.13. The van der Waals surface area contributed by atoms with Crippen molar-refractivity contribution in [3.8, 4) is 0 Å². The molecule has 0 saturated heterocycles. The Hall–Kier alpha value is -1.26. The highest BCUT2D eigenvalue weighted by Gasteiger charge is 2.22. The molecule has 2 heterocycles. The van der Waals surface area contributed by atoms with Crippen LogP contribution in [0.1, 0.15) is 29.8 Å². The zero-order valence-corrected chi connectivity index (χ0v) is 12.2. The topological polar surface area (TPSA) is 29.9 Å². The highest BCUT2D eigenvalue weighted by atomic mass is 32.2. The number of nitrogens with one attached hydrogen (secondary N) is 1. The van der Waals surface area contributed by atoms with E-state index in [1.165, 1.54) is 21.7 Å². The SMILES string of the molecule is CCc1nn(C)cc1CNC1CSc2ccccc21. The summed E-state index contributed by atoms with van der Waals surface area (Å²) in [7, 11) is 1.99. The Morgan fingerprint density at radius 3 is 3.11 bits per heavy atom. The molecule has 2 aromatic rings. The Bertz CT molecular complexity index is 577. The molecule has 1 aromatic carbocycles. The van der Waals surface area contributed by atoms with Gasteiger partial charge in [-0.1, -0.05) is 25.1 Å². The van der Waals surface area contributed by atoms with E-state index in [2.05, 4.69) is 47.8 Å². The van der Waals surface area contributed by atoms with Crippen LogP contribution in [0.3, 0.4) is 0 Å². The van der Waals surface area contributed by atoms with Gasteiger partial charge < -0.3 is 5.32 Å². The van der Waals surface area contributed by atoms with Crippen LogP contribution in [-0.2, 0) is 20.0 Å². The van der Waals surface area contributed by atoms with Crippen LogP contribution in [0.2, 0.25) is 0 Å². The largest absolute Gasteiger partial charge is 0.305 e. The van der Waals surface area contributed by atoms with E-state index in [1.54, 1.807) is 0 Å². The minimum atomic E-state index is 0.464. The van der Waals surface area contributed by atoms with Gasteiger partial charge in [0.1, 0.15) is 0 Å². The summed E-state index contributed by atoms with van der Waals surface area (Å²) in [6.07, 6.45) is 3.12. The van der Waals surface area contributed by atoms with Gasteiger partial charge in [-0.15, -0.1) is 11.8 Å². The first-order valence-electron chi connectivity index (χ1n) is 6.74. The number of nitrogens with zero attached hydrogens (tertiary/aromatic N) is 2. The molecular weight excluding hydrogens is 254 g/mol. The molecule has 1 aromatic heterocycles. The van der Waals surface area contributed by atoms with E-state index in [4.69, 9.17) is 0 Å². The molecule has 4 heteroatoms. The van der Waals surface area contributed by atoms with E-state index < -0.39 is 0 Å². The van der Waals surface area contributed by atoms with E-state index in [-0.39, 0.29) is 0 Å². The van der Waals surface area contributed by atoms with E-state index in [9.17, 15) is 0 Å². The van der Waals surface area contributed by atoms with Crippen molar-refractivity contribution in [3.05, 3.63) is 47.3 Å². The number of aromatic nitrogens is 2. The fourth-order valence-electron chi connectivity index (χ4n) is 2.59. The third-order valence-electron chi connectivity index (χ3n) is 3.57. The van der Waals surface area contributed by atoms with E-state index in [1.807, 2.05) is 23.5 Å². The summed E-state index contributed by atoms with van der Waals surface area (Å²) in [5, 5.41) is 8.16. The van der Waals surface area contributed by atoms with Gasteiger partial charge in [0.05, 0.1) is 5.69 Å². The van der Waals surface area contributed by atoms with Crippen LogP contribution in [0, 0.1) is 0 Å². The molecule has 1 atom stereocenters. The Labute approximate surface area is 118 Å². The van der Waals surface area contributed by atoms with Crippen molar-refractivity contribution in [1.29, 1.82) is 0 Å². The first kappa shape index (κ1) is 12.8. The van der Waals surface area contributed by atoms with Gasteiger partial charge in [-0.25, -0.2) is 0 Å². The molecular formula is C15H19N3S. The Balaban J connectivity index is 1.70. The minimum Gasteiger partial charge on any atom is -0.305 e. The third-order valence-corrected chi connectivity index (χ3v) is 4.75. The Morgan fingerprint density at radius 2 is 2.26 bits per heavy atom. The van der Waals surface area contributed by atoms with E-state index >= 15 is 0 Å². The number of hydrogen-bond acceptors (Lipinski definition) is 3. The number of hydrogen-bond donors (Lipinski definition) is 1. The van der Waals surface area contributed by atoms with Gasteiger partial charge in [-0.2, -0.15) is 5.10 Å². The summed E-state index contributed by atoms with van der Waals surface area (Å²) in [6, 6.07) is 9.15. The number of fused-ring (bicyclic) bond motifs is 1. The average molecular weight is 273 g/mol. The van der Waals surface area contributed by atoms with Crippen molar-refractivity contribution in [3.63, 3.8) is 0 Å². The van der Waals surface area contributed by atoms with Crippen LogP contribution < -0.4 is 5.32 Å². The van der Waals surface area contributed by atoms with Crippen LogP contribution in [-0.4, -0.2) is 15.5 Å². The van der Waals surface area contributed by atoms with Gasteiger partial charge >= 0.3 is 0 Å². The van der Waals surface area contributed by atoms with Gasteiger partial charge in [0.2, 0.25) is 0 Å². The minimum absolute atomic E-state index is 0.464. The zero-order chi connectivity index (χ0) is 13.2. The van der Waals surface area contributed by atoms with Crippen LogP contribution in [0.5, 0.6) is 0 Å². The molecule has 0 amide bonds. The fourth-order valence-corrected chi connectivity index (χ4v) is 3.79. The molecule has 1 aliphatic rings. The van der Waals surface area contributed by atoms with Crippen molar-refractivity contribution >= 4 is 11.8 Å². The van der Waals surface area contributed by atoms with Crippen LogP contribution in [0.15, 0.2) is 35.4 Å². The predicted molar refractivity (Wildman–Crippen MR) is 79.3 cm³/mol. The smallest absolute Gasteiger partial charge is 0.0666 e. The number of thioether (sulfide) groups is 1. The van der Waals surface area contributed by atoms with Crippen molar-refractivity contribution in [1.82, 2.24) is 15.1 Å². The maximum absolute atomic E-state index is 4.49. The first-order valence-corrected chi connectivity index (χ1v) is 7.73. The van der Waals surface area contributed by atoms with Crippen molar-refractivity contribution < 1.29 is 0 Å². The van der Waals surface area contributed by atoms with Crippen LogP contribution in [0.4, 0.5) is 0 Å². The number of benzene rings is 1. The van der Waals surface area contributed by atoms with Gasteiger partial charge in [0, 0.05) is 42.0 Å². The Morgan fingerprint density at radius 1 is 1.42 bits per heavy atom. The molecule has 1 unspecified atom stereocenters. The summed E-state index contributed by atoms with van der Waals surface area (Å²) in [4.78, 5) is 1.42. The van der Waals surface area contributed by atoms with Gasteiger partial charge in [-0.05, 0) is 18.1 Å². The maximum atomic E-state index is 4.49. The molecule has 3 rings (SSSR count). The lowest BCUT2D eigenvalue weighted by Crippen LogP contribution is -2.20. The highest BCUT2D eigenvalue weighted by molar-refractivity contribution is 7.99. The summed E-state index contributed by atoms with van der Waals surface area (Å²) in [5.41, 5.74) is 3.96. The molecule has 1 aliphatic heterocycles. The molecule has 0 aliphatic carbocycles. The van der Waals surface area contributed by atoms with Crippen molar-refractivity contribution in [2.45, 2.75) is 30.8 Å². The number of rotatable bonds is 4. The summed E-state index contributed by atoms with van der Waals surface area (Å²) < 4.78 is 1.91. The second-order valence-corrected chi connectivity index (χ2v) is 5.97. The zero-order valence-electron chi connectivity index (χ0n) is 11.4. The summed E-state index contributed by atoms with van der Waals surface area (Å²) in [6.45, 7) is 3.06.